The van der Waals surface area contributed by atoms with Gasteiger partial charge in [-0.25, -0.2) is 0 Å². The van der Waals surface area contributed by atoms with Crippen LogP contribution in [0.3, 0.4) is 0 Å². The Morgan fingerprint density at radius 1 is 1.24 bits per heavy atom. The molecule has 0 radical (unpaired) electrons. The lowest BCUT2D eigenvalue weighted by atomic mass is 10.2. The van der Waals surface area contributed by atoms with Crippen molar-refractivity contribution in [2.24, 2.45) is 0 Å². The minimum Gasteiger partial charge on any atom is -0.486 e. The molecule has 17 heavy (non-hydrogen) atoms. The Bertz CT molecular complexity index is 398. The summed E-state index contributed by atoms with van der Waals surface area (Å²) in [6.45, 7) is 3.77. The summed E-state index contributed by atoms with van der Waals surface area (Å²) in [5, 5.41) is 0. The van der Waals surface area contributed by atoms with Crippen molar-refractivity contribution in [3.05, 3.63) is 29.8 Å². The third-order valence-electron chi connectivity index (χ3n) is 2.13. The molecular formula is C13H16O4. The first-order valence-electron chi connectivity index (χ1n) is 5.49. The van der Waals surface area contributed by atoms with Crippen LogP contribution in [-0.4, -0.2) is 25.0 Å². The van der Waals surface area contributed by atoms with Gasteiger partial charge in [-0.1, -0.05) is 18.2 Å². The number of rotatable bonds is 6. The fourth-order valence-electron chi connectivity index (χ4n) is 1.30. The van der Waals surface area contributed by atoms with Crippen LogP contribution < -0.4 is 4.74 Å². The second kappa shape index (κ2) is 6.68. The van der Waals surface area contributed by atoms with Gasteiger partial charge in [-0.15, -0.1) is 0 Å². The van der Waals surface area contributed by atoms with E-state index in [1.165, 1.54) is 0 Å². The second-order valence-electron chi connectivity index (χ2n) is 3.57. The smallest absolute Gasteiger partial charge is 0.313 e. The lowest BCUT2D eigenvalue weighted by Gasteiger charge is -2.07. The zero-order valence-electron chi connectivity index (χ0n) is 10.1. The van der Waals surface area contributed by atoms with Crippen LogP contribution in [0.1, 0.15) is 18.9 Å². The maximum absolute atomic E-state index is 11.4. The van der Waals surface area contributed by atoms with E-state index in [0.717, 1.165) is 5.56 Å². The zero-order chi connectivity index (χ0) is 12.7. The molecule has 0 saturated carbocycles. The van der Waals surface area contributed by atoms with Crippen molar-refractivity contribution in [3.8, 4) is 5.75 Å². The maximum atomic E-state index is 11.4. The molecule has 0 aliphatic carbocycles. The molecule has 0 heterocycles. The van der Waals surface area contributed by atoms with Gasteiger partial charge in [-0.3, -0.25) is 9.59 Å². The number of hydrogen-bond donors (Lipinski definition) is 0. The van der Waals surface area contributed by atoms with Crippen LogP contribution in [-0.2, 0) is 14.3 Å². The van der Waals surface area contributed by atoms with E-state index in [-0.39, 0.29) is 25.4 Å². The van der Waals surface area contributed by atoms with Gasteiger partial charge in [0.1, 0.15) is 18.8 Å². The Morgan fingerprint density at radius 2 is 1.94 bits per heavy atom. The van der Waals surface area contributed by atoms with E-state index in [1.807, 2.05) is 25.1 Å². The van der Waals surface area contributed by atoms with Crippen LogP contribution in [0.4, 0.5) is 0 Å². The molecule has 4 nitrogen and oxygen atoms in total. The number of ether oxygens (including phenoxy) is 2. The first-order chi connectivity index (χ1) is 8.13. The molecule has 1 rings (SSSR count). The summed E-state index contributed by atoms with van der Waals surface area (Å²) in [4.78, 5) is 22.4. The van der Waals surface area contributed by atoms with E-state index >= 15 is 0 Å². The summed E-state index contributed by atoms with van der Waals surface area (Å²) in [6.07, 6.45) is -0.236. The predicted octanol–water partition coefficient (Wildman–Crippen LogP) is 1.90. The molecule has 0 spiro atoms. The van der Waals surface area contributed by atoms with E-state index in [4.69, 9.17) is 4.74 Å². The molecule has 0 aliphatic rings. The van der Waals surface area contributed by atoms with Gasteiger partial charge < -0.3 is 9.47 Å². The summed E-state index contributed by atoms with van der Waals surface area (Å²) in [5.74, 6) is -0.137. The quantitative estimate of drug-likeness (QED) is 0.559. The Morgan fingerprint density at radius 3 is 2.59 bits per heavy atom. The summed E-state index contributed by atoms with van der Waals surface area (Å²) < 4.78 is 9.99. The maximum Gasteiger partial charge on any atom is 0.313 e. The minimum absolute atomic E-state index is 0.107. The predicted molar refractivity (Wildman–Crippen MR) is 62.9 cm³/mol. The highest BCUT2D eigenvalue weighted by Crippen LogP contribution is 2.15. The SMILES string of the molecule is CCOC(=O)CC(=O)COc1ccccc1C. The van der Waals surface area contributed by atoms with Crippen molar-refractivity contribution in [1.82, 2.24) is 0 Å². The van der Waals surface area contributed by atoms with Crippen LogP contribution in [0.15, 0.2) is 24.3 Å². The largest absolute Gasteiger partial charge is 0.486 e. The van der Waals surface area contributed by atoms with Crippen LogP contribution in [0.5, 0.6) is 5.75 Å². The van der Waals surface area contributed by atoms with Crippen molar-refractivity contribution in [1.29, 1.82) is 0 Å². The van der Waals surface area contributed by atoms with Crippen LogP contribution in [0.25, 0.3) is 0 Å². The van der Waals surface area contributed by atoms with E-state index < -0.39 is 5.97 Å². The van der Waals surface area contributed by atoms with Crippen molar-refractivity contribution in [2.75, 3.05) is 13.2 Å². The third kappa shape index (κ3) is 4.68. The molecule has 0 saturated heterocycles. The van der Waals surface area contributed by atoms with Gasteiger partial charge in [0, 0.05) is 0 Å². The normalized spacial score (nSPS) is 9.76. The number of benzene rings is 1. The van der Waals surface area contributed by atoms with Crippen molar-refractivity contribution >= 4 is 11.8 Å². The molecule has 92 valence electrons. The third-order valence-corrected chi connectivity index (χ3v) is 2.13. The van der Waals surface area contributed by atoms with Gasteiger partial charge in [-0.05, 0) is 25.5 Å². The fraction of sp³-hybridized carbons (Fsp3) is 0.385. The molecule has 0 N–H and O–H groups in total. The van der Waals surface area contributed by atoms with Gasteiger partial charge in [0.25, 0.3) is 0 Å². The van der Waals surface area contributed by atoms with E-state index in [0.29, 0.717) is 5.75 Å². The van der Waals surface area contributed by atoms with E-state index in [9.17, 15) is 9.59 Å². The number of Topliss-reactive ketones (excluding diaryl/α,β-unsaturated/α-hetero) is 1. The van der Waals surface area contributed by atoms with Crippen molar-refractivity contribution in [3.63, 3.8) is 0 Å². The fourth-order valence-corrected chi connectivity index (χ4v) is 1.30. The number of carbonyl (C=O) groups is 2. The number of esters is 1. The summed E-state index contributed by atoms with van der Waals surface area (Å²) in [5.41, 5.74) is 0.955. The van der Waals surface area contributed by atoms with Crippen molar-refractivity contribution in [2.45, 2.75) is 20.3 Å². The summed E-state index contributed by atoms with van der Waals surface area (Å²) in [7, 11) is 0. The summed E-state index contributed by atoms with van der Waals surface area (Å²) >= 11 is 0. The lowest BCUT2D eigenvalue weighted by molar-refractivity contribution is -0.145. The molecule has 0 amide bonds. The number of aryl methyl sites for hydroxylation is 1. The lowest BCUT2D eigenvalue weighted by Crippen LogP contribution is -2.17. The van der Waals surface area contributed by atoms with Crippen molar-refractivity contribution < 1.29 is 19.1 Å². The van der Waals surface area contributed by atoms with Crippen LogP contribution >= 0.6 is 0 Å². The number of carbonyl (C=O) groups excluding carboxylic acids is 2. The van der Waals surface area contributed by atoms with Gasteiger partial charge >= 0.3 is 5.97 Å². The molecule has 0 aliphatic heterocycles. The van der Waals surface area contributed by atoms with Crippen LogP contribution in [0.2, 0.25) is 0 Å². The average molecular weight is 236 g/mol. The second-order valence-corrected chi connectivity index (χ2v) is 3.57. The Hall–Kier alpha value is -1.84. The number of ketones is 1. The monoisotopic (exact) mass is 236 g/mol. The topological polar surface area (TPSA) is 52.6 Å². The first-order valence-corrected chi connectivity index (χ1v) is 5.49. The van der Waals surface area contributed by atoms with Gasteiger partial charge in [0.05, 0.1) is 6.61 Å². The zero-order valence-corrected chi connectivity index (χ0v) is 10.1. The number of hydrogen-bond acceptors (Lipinski definition) is 4. The van der Waals surface area contributed by atoms with E-state index in [1.54, 1.807) is 13.0 Å². The molecule has 0 aromatic heterocycles. The van der Waals surface area contributed by atoms with Gasteiger partial charge in [0.15, 0.2) is 5.78 Å². The minimum atomic E-state index is -0.508. The number of para-hydroxylation sites is 1. The van der Waals surface area contributed by atoms with E-state index in [2.05, 4.69) is 4.74 Å². The first kappa shape index (κ1) is 13.2. The van der Waals surface area contributed by atoms with Crippen LogP contribution in [0, 0.1) is 6.92 Å². The van der Waals surface area contributed by atoms with Gasteiger partial charge in [0.2, 0.25) is 0 Å². The molecule has 1 aromatic rings. The molecule has 1 aromatic carbocycles. The van der Waals surface area contributed by atoms with Gasteiger partial charge in [-0.2, -0.15) is 0 Å². The molecule has 0 unspecified atom stereocenters. The highest BCUT2D eigenvalue weighted by molar-refractivity contribution is 5.96. The Labute approximate surface area is 101 Å². The Balaban J connectivity index is 2.38. The highest BCUT2D eigenvalue weighted by atomic mass is 16.5. The standard InChI is InChI=1S/C13H16O4/c1-3-16-13(15)8-11(14)9-17-12-7-5-4-6-10(12)2/h4-7H,3,8-9H2,1-2H3. The molecule has 0 bridgehead atoms. The molecular weight excluding hydrogens is 220 g/mol. The Kier molecular flexibility index (Phi) is 5.20. The highest BCUT2D eigenvalue weighted by Gasteiger charge is 2.11. The average Bonchev–Trinajstić information content (AvgIpc) is 2.28. The molecule has 4 heteroatoms. The molecule has 0 fully saturated rings. The summed E-state index contributed by atoms with van der Waals surface area (Å²) in [6, 6.07) is 7.40. The molecule has 0 atom stereocenters.